The normalized spacial score (nSPS) is 30.4. The largest absolute Gasteiger partial charge is 0.355 e. The SMILES string of the molecule is Cc1cc(N2C[C@@H]3[C@@]4(CCC4[C@@]3(N)Nc3nc4n(n3)CCCCCN4c3ccc(F)c(F)c3)C2)ncn1. The van der Waals surface area contributed by atoms with Crippen LogP contribution in [0.15, 0.2) is 30.6 Å². The molecule has 7 rings (SSSR count). The smallest absolute Gasteiger partial charge is 0.245 e. The molecule has 0 amide bonds. The third-order valence-electron chi connectivity index (χ3n) is 9.13. The van der Waals surface area contributed by atoms with Crippen molar-refractivity contribution in [3.8, 4) is 0 Å². The maximum absolute atomic E-state index is 14.1. The van der Waals surface area contributed by atoms with Crippen molar-refractivity contribution in [1.82, 2.24) is 24.7 Å². The van der Waals surface area contributed by atoms with E-state index in [9.17, 15) is 8.78 Å². The Morgan fingerprint density at radius 1 is 1.05 bits per heavy atom. The molecule has 2 aromatic heterocycles. The summed E-state index contributed by atoms with van der Waals surface area (Å²) in [5, 5.41) is 8.33. The van der Waals surface area contributed by atoms with Crippen LogP contribution in [0.4, 0.5) is 32.2 Å². The van der Waals surface area contributed by atoms with Crippen molar-refractivity contribution in [2.45, 2.75) is 51.2 Å². The lowest BCUT2D eigenvalue weighted by molar-refractivity contribution is -0.172. The highest BCUT2D eigenvalue weighted by Gasteiger charge is 2.76. The molecule has 3 fully saturated rings. The molecule has 0 radical (unpaired) electrons. The zero-order valence-electron chi connectivity index (χ0n) is 20.9. The molecule has 2 aliphatic carbocycles. The van der Waals surface area contributed by atoms with E-state index in [1.54, 1.807) is 12.4 Å². The summed E-state index contributed by atoms with van der Waals surface area (Å²) in [6, 6.07) is 6.01. The minimum atomic E-state index is -0.870. The second kappa shape index (κ2) is 8.08. The van der Waals surface area contributed by atoms with Gasteiger partial charge in [-0.1, -0.05) is 0 Å². The molecule has 194 valence electrons. The van der Waals surface area contributed by atoms with Crippen molar-refractivity contribution in [2.24, 2.45) is 23.0 Å². The van der Waals surface area contributed by atoms with Gasteiger partial charge in [-0.3, -0.25) is 0 Å². The fourth-order valence-corrected chi connectivity index (χ4v) is 7.28. The van der Waals surface area contributed by atoms with Gasteiger partial charge in [0, 0.05) is 66.9 Å². The number of aryl methyl sites for hydroxylation is 2. The minimum Gasteiger partial charge on any atom is -0.355 e. The van der Waals surface area contributed by atoms with Gasteiger partial charge in [-0.25, -0.2) is 23.4 Å². The van der Waals surface area contributed by atoms with Crippen LogP contribution in [0.2, 0.25) is 0 Å². The number of fused-ring (bicyclic) bond motifs is 1. The van der Waals surface area contributed by atoms with Gasteiger partial charge in [-0.2, -0.15) is 4.98 Å². The topological polar surface area (TPSA) is 101 Å². The number of hydrogen-bond acceptors (Lipinski definition) is 8. The summed E-state index contributed by atoms with van der Waals surface area (Å²) in [5.41, 5.74) is 8.22. The van der Waals surface area contributed by atoms with Crippen molar-refractivity contribution in [1.29, 1.82) is 0 Å². The van der Waals surface area contributed by atoms with Crippen LogP contribution in [0.3, 0.4) is 0 Å². The molecule has 0 bridgehead atoms. The predicted octanol–water partition coefficient (Wildman–Crippen LogP) is 3.59. The summed E-state index contributed by atoms with van der Waals surface area (Å²) >= 11 is 0. The molecule has 11 heteroatoms. The van der Waals surface area contributed by atoms with E-state index in [0.29, 0.717) is 36.6 Å². The van der Waals surface area contributed by atoms with Crippen molar-refractivity contribution in [3.63, 3.8) is 0 Å². The summed E-state index contributed by atoms with van der Waals surface area (Å²) in [5.74, 6) is 0.930. The molecule has 1 unspecified atom stereocenters. The number of nitrogens with one attached hydrogen (secondary N) is 1. The molecule has 37 heavy (non-hydrogen) atoms. The van der Waals surface area contributed by atoms with Gasteiger partial charge >= 0.3 is 0 Å². The number of nitrogens with zero attached hydrogens (tertiary/aromatic N) is 7. The molecule has 2 aliphatic heterocycles. The third-order valence-corrected chi connectivity index (χ3v) is 9.13. The zero-order valence-corrected chi connectivity index (χ0v) is 20.9. The molecule has 3 aromatic rings. The van der Waals surface area contributed by atoms with E-state index in [2.05, 4.69) is 20.2 Å². The van der Waals surface area contributed by atoms with E-state index in [1.165, 1.54) is 12.5 Å². The number of anilines is 4. The Bertz CT molecular complexity index is 1360. The summed E-state index contributed by atoms with van der Waals surface area (Å²) in [4.78, 5) is 17.9. The maximum atomic E-state index is 14.1. The molecule has 4 atom stereocenters. The van der Waals surface area contributed by atoms with Gasteiger partial charge < -0.3 is 20.9 Å². The quantitative estimate of drug-likeness (QED) is 0.517. The second-order valence-corrected chi connectivity index (χ2v) is 11.1. The Hall–Kier alpha value is -3.34. The minimum absolute atomic E-state index is 0.201. The van der Waals surface area contributed by atoms with Gasteiger partial charge in [-0.15, -0.1) is 5.10 Å². The lowest BCUT2D eigenvalue weighted by atomic mass is 9.38. The van der Waals surface area contributed by atoms with E-state index >= 15 is 0 Å². The fraction of sp³-hybridized carbons (Fsp3) is 0.538. The number of hydrogen-bond donors (Lipinski definition) is 2. The Morgan fingerprint density at radius 3 is 2.70 bits per heavy atom. The van der Waals surface area contributed by atoms with Crippen LogP contribution in [0.1, 0.15) is 37.8 Å². The Morgan fingerprint density at radius 2 is 1.92 bits per heavy atom. The van der Waals surface area contributed by atoms with E-state index in [0.717, 1.165) is 56.4 Å². The highest BCUT2D eigenvalue weighted by atomic mass is 19.2. The number of nitrogens with two attached hydrogens (primary N) is 1. The molecule has 1 aromatic carbocycles. The third kappa shape index (κ3) is 3.36. The summed E-state index contributed by atoms with van der Waals surface area (Å²) in [6.45, 7) is 5.12. The van der Waals surface area contributed by atoms with E-state index in [4.69, 9.17) is 15.8 Å². The van der Waals surface area contributed by atoms with Crippen molar-refractivity contribution in [2.75, 3.05) is 34.8 Å². The first-order chi connectivity index (χ1) is 17.9. The van der Waals surface area contributed by atoms with Crippen LogP contribution in [0.5, 0.6) is 0 Å². The molecule has 2 saturated carbocycles. The van der Waals surface area contributed by atoms with Gasteiger partial charge in [-0.05, 0) is 51.2 Å². The first-order valence-corrected chi connectivity index (χ1v) is 13.2. The van der Waals surface area contributed by atoms with Crippen molar-refractivity contribution >= 4 is 23.4 Å². The van der Waals surface area contributed by atoms with Crippen LogP contribution in [-0.2, 0) is 6.54 Å². The molecular weight excluding hydrogens is 476 g/mol. The molecule has 3 N–H and O–H groups in total. The zero-order chi connectivity index (χ0) is 25.4. The maximum Gasteiger partial charge on any atom is 0.245 e. The number of rotatable bonds is 4. The Kier molecular flexibility index (Phi) is 4.98. The Balaban J connectivity index is 1.17. The number of aromatic nitrogens is 5. The van der Waals surface area contributed by atoms with Crippen LogP contribution < -0.4 is 20.9 Å². The lowest BCUT2D eigenvalue weighted by Gasteiger charge is -2.70. The van der Waals surface area contributed by atoms with Crippen LogP contribution in [0, 0.1) is 35.8 Å². The molecule has 4 aliphatic rings. The molecule has 4 heterocycles. The highest BCUT2D eigenvalue weighted by molar-refractivity contribution is 5.59. The van der Waals surface area contributed by atoms with Crippen LogP contribution in [0.25, 0.3) is 0 Å². The van der Waals surface area contributed by atoms with Gasteiger partial charge in [0.25, 0.3) is 0 Å². The van der Waals surface area contributed by atoms with Gasteiger partial charge in [0.2, 0.25) is 11.9 Å². The Labute approximate surface area is 214 Å². The van der Waals surface area contributed by atoms with Crippen LogP contribution in [-0.4, -0.2) is 50.0 Å². The lowest BCUT2D eigenvalue weighted by Crippen LogP contribution is -2.81. The number of benzene rings is 1. The standard InChI is InChI=1S/C26H31F2N9/c1-16-11-22(31-15-30-16)35-13-21-25(14-35)8-7-20(25)26(21,29)33-23-32-24-36(9-3-2-4-10-37(24)34-23)17-5-6-18(27)19(28)12-17/h5-6,11-12,15,20-21H,2-4,7-10,13-14,29H2,1H3,(H,33,34)/t20?,21-,25+,26-/m1/s1. The molecular formula is C26H31F2N9. The van der Waals surface area contributed by atoms with Crippen molar-refractivity contribution < 1.29 is 8.78 Å². The average molecular weight is 508 g/mol. The molecule has 1 saturated heterocycles. The van der Waals surface area contributed by atoms with Gasteiger partial charge in [0.15, 0.2) is 11.6 Å². The molecule has 1 spiro atoms. The monoisotopic (exact) mass is 507 g/mol. The predicted molar refractivity (Wildman–Crippen MR) is 135 cm³/mol. The molecule has 9 nitrogen and oxygen atoms in total. The van der Waals surface area contributed by atoms with Crippen LogP contribution >= 0.6 is 0 Å². The highest BCUT2D eigenvalue weighted by Crippen LogP contribution is 2.71. The average Bonchev–Trinajstić information content (AvgIpc) is 3.43. The second-order valence-electron chi connectivity index (χ2n) is 11.1. The van der Waals surface area contributed by atoms with E-state index in [-0.39, 0.29) is 11.3 Å². The van der Waals surface area contributed by atoms with Gasteiger partial charge in [0.1, 0.15) is 12.1 Å². The number of halogens is 2. The van der Waals surface area contributed by atoms with Crippen molar-refractivity contribution in [3.05, 3.63) is 47.9 Å². The summed E-state index contributed by atoms with van der Waals surface area (Å²) in [6.07, 6.45) is 6.80. The fourth-order valence-electron chi connectivity index (χ4n) is 7.28. The van der Waals surface area contributed by atoms with E-state index < -0.39 is 17.3 Å². The van der Waals surface area contributed by atoms with Gasteiger partial charge in [0.05, 0.1) is 5.66 Å². The first kappa shape index (κ1) is 22.8. The summed E-state index contributed by atoms with van der Waals surface area (Å²) < 4.78 is 29.6. The van der Waals surface area contributed by atoms with E-state index in [1.807, 2.05) is 22.6 Å². The summed E-state index contributed by atoms with van der Waals surface area (Å²) in [7, 11) is 0. The first-order valence-electron chi connectivity index (χ1n) is 13.2.